The third-order valence-corrected chi connectivity index (χ3v) is 6.67. The minimum atomic E-state index is -3.62. The fraction of sp³-hybridized carbons (Fsp3) is 0.733. The number of Topliss-reactive ketones (excluding diaryl/α,β-unsaturated/α-hetero) is 1. The molecule has 0 N–H and O–H groups in total. The van der Waals surface area contributed by atoms with Gasteiger partial charge in [-0.2, -0.15) is 0 Å². The van der Waals surface area contributed by atoms with Gasteiger partial charge in [-0.1, -0.05) is 25.9 Å². The number of ketones is 1. The minimum Gasteiger partial charge on any atom is -0.361 e. The van der Waals surface area contributed by atoms with Crippen molar-refractivity contribution < 1.29 is 17.7 Å². The molecule has 7 heteroatoms. The predicted octanol–water partition coefficient (Wildman–Crippen LogP) is 1.90. The lowest BCUT2D eigenvalue weighted by molar-refractivity contribution is -0.120. The van der Waals surface area contributed by atoms with Gasteiger partial charge in [0.1, 0.15) is 10.5 Å². The van der Waals surface area contributed by atoms with Crippen LogP contribution in [0.3, 0.4) is 0 Å². The normalized spacial score (nSPS) is 17.3. The van der Waals surface area contributed by atoms with Gasteiger partial charge in [0.25, 0.3) is 0 Å². The van der Waals surface area contributed by atoms with Crippen LogP contribution in [0.15, 0.2) is 10.6 Å². The summed E-state index contributed by atoms with van der Waals surface area (Å²) < 4.78 is 30.1. The monoisotopic (exact) mass is 328 g/mol. The molecule has 1 aromatic heterocycles. The average molecular weight is 328 g/mol. The van der Waals surface area contributed by atoms with Gasteiger partial charge in [-0.3, -0.25) is 4.79 Å². The summed E-state index contributed by atoms with van der Waals surface area (Å²) in [7, 11) is -3.62. The highest BCUT2D eigenvalue weighted by molar-refractivity contribution is 7.91. The van der Waals surface area contributed by atoms with Gasteiger partial charge in [-0.05, 0) is 20.3 Å². The van der Waals surface area contributed by atoms with Gasteiger partial charge in [0.05, 0.1) is 12.1 Å². The van der Waals surface area contributed by atoms with Crippen molar-refractivity contribution in [2.24, 2.45) is 0 Å². The molecule has 0 spiro atoms. The van der Waals surface area contributed by atoms with E-state index in [4.69, 9.17) is 4.52 Å². The minimum absolute atomic E-state index is 0.0420. The van der Waals surface area contributed by atoms with Crippen molar-refractivity contribution >= 4 is 15.8 Å². The van der Waals surface area contributed by atoms with Crippen LogP contribution in [-0.2, 0) is 26.7 Å². The van der Waals surface area contributed by atoms with E-state index in [-0.39, 0.29) is 17.6 Å². The predicted molar refractivity (Wildman–Crippen MR) is 83.1 cm³/mol. The summed E-state index contributed by atoms with van der Waals surface area (Å²) in [6, 6.07) is 1.73. The lowest BCUT2D eigenvalue weighted by atomic mass is 9.92. The number of carbonyl (C=O) groups excluding carboxylic acids is 1. The number of hydrogen-bond donors (Lipinski definition) is 0. The Morgan fingerprint density at radius 1 is 1.27 bits per heavy atom. The standard InChI is InChI=1S/C15H24N2O4S/c1-14(2,3)13-10-11(16-21-13)9-12(18)15(4,5)22(19,20)17-7-6-8-17/h10H,6-9H2,1-5H3. The number of sulfonamides is 1. The number of hydrogen-bond acceptors (Lipinski definition) is 5. The van der Waals surface area contributed by atoms with E-state index in [9.17, 15) is 13.2 Å². The van der Waals surface area contributed by atoms with Gasteiger partial charge < -0.3 is 4.52 Å². The van der Waals surface area contributed by atoms with Crippen molar-refractivity contribution in [3.8, 4) is 0 Å². The van der Waals surface area contributed by atoms with Gasteiger partial charge in [0, 0.05) is 24.6 Å². The van der Waals surface area contributed by atoms with E-state index in [0.29, 0.717) is 24.5 Å². The molecule has 22 heavy (non-hydrogen) atoms. The van der Waals surface area contributed by atoms with E-state index in [1.165, 1.54) is 18.2 Å². The Morgan fingerprint density at radius 2 is 1.86 bits per heavy atom. The fourth-order valence-corrected chi connectivity index (χ4v) is 3.86. The van der Waals surface area contributed by atoms with E-state index in [1.807, 2.05) is 20.8 Å². The first-order valence-corrected chi connectivity index (χ1v) is 8.89. The molecule has 0 aromatic carbocycles. The molecule has 124 valence electrons. The van der Waals surface area contributed by atoms with E-state index >= 15 is 0 Å². The molecular weight excluding hydrogens is 304 g/mol. The van der Waals surface area contributed by atoms with Crippen molar-refractivity contribution in [2.45, 2.75) is 57.6 Å². The van der Waals surface area contributed by atoms with E-state index < -0.39 is 14.8 Å². The summed E-state index contributed by atoms with van der Waals surface area (Å²) in [6.45, 7) is 9.88. The van der Waals surface area contributed by atoms with Gasteiger partial charge in [-0.15, -0.1) is 0 Å². The Morgan fingerprint density at radius 3 is 2.27 bits per heavy atom. The second-order valence-electron chi connectivity index (χ2n) is 7.30. The molecule has 1 aliphatic heterocycles. The highest BCUT2D eigenvalue weighted by Gasteiger charge is 2.46. The van der Waals surface area contributed by atoms with E-state index in [2.05, 4.69) is 5.16 Å². The highest BCUT2D eigenvalue weighted by Crippen LogP contribution is 2.28. The zero-order chi connectivity index (χ0) is 16.8. The van der Waals surface area contributed by atoms with Crippen LogP contribution >= 0.6 is 0 Å². The molecule has 6 nitrogen and oxygen atoms in total. The van der Waals surface area contributed by atoms with Gasteiger partial charge in [0.15, 0.2) is 5.78 Å². The van der Waals surface area contributed by atoms with Crippen LogP contribution in [-0.4, -0.2) is 41.5 Å². The summed E-state index contributed by atoms with van der Waals surface area (Å²) in [5.41, 5.74) is 0.273. The Kier molecular flexibility index (Phi) is 4.25. The first kappa shape index (κ1) is 17.1. The van der Waals surface area contributed by atoms with Crippen molar-refractivity contribution in [3.05, 3.63) is 17.5 Å². The Labute approximate surface area is 131 Å². The molecule has 0 saturated carbocycles. The second kappa shape index (κ2) is 5.45. The summed E-state index contributed by atoms with van der Waals surface area (Å²) in [6.07, 6.45) is 0.807. The van der Waals surface area contributed by atoms with Crippen LogP contribution in [0.25, 0.3) is 0 Å². The van der Waals surface area contributed by atoms with E-state index in [1.54, 1.807) is 6.07 Å². The molecule has 1 aliphatic rings. The zero-order valence-electron chi connectivity index (χ0n) is 13.8. The largest absolute Gasteiger partial charge is 0.361 e. The first-order valence-electron chi connectivity index (χ1n) is 7.45. The van der Waals surface area contributed by atoms with Crippen molar-refractivity contribution in [3.63, 3.8) is 0 Å². The molecule has 2 heterocycles. The molecule has 1 saturated heterocycles. The van der Waals surface area contributed by atoms with Crippen LogP contribution in [0, 0.1) is 0 Å². The highest BCUT2D eigenvalue weighted by atomic mass is 32.2. The molecule has 0 amide bonds. The SMILES string of the molecule is CC(C)(C)c1cc(CC(=O)C(C)(C)S(=O)(=O)N2CCC2)no1. The van der Waals surface area contributed by atoms with Gasteiger partial charge >= 0.3 is 0 Å². The third kappa shape index (κ3) is 2.96. The van der Waals surface area contributed by atoms with Gasteiger partial charge in [0.2, 0.25) is 10.0 Å². The second-order valence-corrected chi connectivity index (χ2v) is 9.79. The number of aromatic nitrogens is 1. The van der Waals surface area contributed by atoms with Crippen LogP contribution in [0.2, 0.25) is 0 Å². The summed E-state index contributed by atoms with van der Waals surface area (Å²) in [4.78, 5) is 12.5. The fourth-order valence-electron chi connectivity index (χ4n) is 2.12. The lowest BCUT2D eigenvalue weighted by Gasteiger charge is -2.36. The summed E-state index contributed by atoms with van der Waals surface area (Å²) >= 11 is 0. The molecular formula is C15H24N2O4S. The van der Waals surface area contributed by atoms with E-state index in [0.717, 1.165) is 6.42 Å². The molecule has 2 rings (SSSR count). The maximum Gasteiger partial charge on any atom is 0.226 e. The average Bonchev–Trinajstić information content (AvgIpc) is 2.73. The van der Waals surface area contributed by atoms with Crippen LogP contribution < -0.4 is 0 Å². The molecule has 0 aliphatic carbocycles. The van der Waals surface area contributed by atoms with Crippen molar-refractivity contribution in [2.75, 3.05) is 13.1 Å². The quantitative estimate of drug-likeness (QED) is 0.824. The zero-order valence-corrected chi connectivity index (χ0v) is 14.7. The number of carbonyl (C=O) groups is 1. The smallest absolute Gasteiger partial charge is 0.226 e. The molecule has 0 unspecified atom stereocenters. The van der Waals surface area contributed by atoms with Gasteiger partial charge in [-0.25, -0.2) is 12.7 Å². The molecule has 0 atom stereocenters. The molecule has 0 radical (unpaired) electrons. The Hall–Kier alpha value is -1.21. The van der Waals surface area contributed by atoms with Crippen LogP contribution in [0.5, 0.6) is 0 Å². The lowest BCUT2D eigenvalue weighted by Crippen LogP contribution is -2.54. The third-order valence-electron chi connectivity index (χ3n) is 4.11. The first-order chi connectivity index (χ1) is 9.96. The van der Waals surface area contributed by atoms with Crippen LogP contribution in [0.1, 0.15) is 52.5 Å². The molecule has 0 bridgehead atoms. The number of nitrogens with zero attached hydrogens (tertiary/aromatic N) is 2. The van der Waals surface area contributed by atoms with Crippen molar-refractivity contribution in [1.29, 1.82) is 0 Å². The molecule has 1 aromatic rings. The summed E-state index contributed by atoms with van der Waals surface area (Å²) in [5.74, 6) is 0.312. The Bertz CT molecular complexity index is 664. The molecule has 1 fully saturated rings. The van der Waals surface area contributed by atoms with Crippen molar-refractivity contribution in [1.82, 2.24) is 9.46 Å². The maximum absolute atomic E-state index is 12.5. The van der Waals surface area contributed by atoms with Crippen LogP contribution in [0.4, 0.5) is 0 Å². The summed E-state index contributed by atoms with van der Waals surface area (Å²) in [5, 5.41) is 3.89. The topological polar surface area (TPSA) is 80.5 Å². The maximum atomic E-state index is 12.5. The Balaban J connectivity index is 2.16. The number of rotatable bonds is 5.